The van der Waals surface area contributed by atoms with Gasteiger partial charge in [0.2, 0.25) is 0 Å². The summed E-state index contributed by atoms with van der Waals surface area (Å²) in [5.41, 5.74) is 5.23. The van der Waals surface area contributed by atoms with Crippen LogP contribution in [0.2, 0.25) is 0 Å². The zero-order chi connectivity index (χ0) is 23.0. The number of fused-ring (bicyclic) bond motifs is 1. The molecule has 2 N–H and O–H groups in total. The highest BCUT2D eigenvalue weighted by Crippen LogP contribution is 2.28. The minimum atomic E-state index is -3.67. The zero-order valence-corrected chi connectivity index (χ0v) is 20.2. The first kappa shape index (κ1) is 22.5. The maximum atomic E-state index is 12.8. The molecule has 0 fully saturated rings. The molecule has 0 spiro atoms. The van der Waals surface area contributed by atoms with E-state index in [1.807, 2.05) is 43.4 Å². The second kappa shape index (κ2) is 8.69. The highest BCUT2D eigenvalue weighted by molar-refractivity contribution is 7.92. The molecular formula is C24H27N3O3S2. The van der Waals surface area contributed by atoms with Crippen LogP contribution in [0.3, 0.4) is 0 Å². The van der Waals surface area contributed by atoms with E-state index in [1.54, 1.807) is 41.8 Å². The molecule has 2 heterocycles. The normalized spacial score (nSPS) is 12.9. The molecule has 32 heavy (non-hydrogen) atoms. The van der Waals surface area contributed by atoms with Crippen LogP contribution in [0.25, 0.3) is 4.96 Å². The molecular weight excluding hydrogens is 442 g/mol. The summed E-state index contributed by atoms with van der Waals surface area (Å²) >= 11 is 1.61. The van der Waals surface area contributed by atoms with Crippen molar-refractivity contribution in [3.63, 3.8) is 0 Å². The lowest BCUT2D eigenvalue weighted by Crippen LogP contribution is -2.14. The molecule has 2 aromatic carbocycles. The molecule has 2 aromatic heterocycles. The van der Waals surface area contributed by atoms with Crippen LogP contribution in [0.1, 0.15) is 45.5 Å². The highest BCUT2D eigenvalue weighted by atomic mass is 32.2. The van der Waals surface area contributed by atoms with Gasteiger partial charge in [0.1, 0.15) is 0 Å². The van der Waals surface area contributed by atoms with Crippen LogP contribution in [-0.2, 0) is 16.4 Å². The van der Waals surface area contributed by atoms with Gasteiger partial charge in [-0.05, 0) is 69.9 Å². The van der Waals surface area contributed by atoms with Crippen LogP contribution in [0, 0.1) is 27.7 Å². The lowest BCUT2D eigenvalue weighted by molar-refractivity contribution is 0.162. The average molecular weight is 470 g/mol. The summed E-state index contributed by atoms with van der Waals surface area (Å²) in [6.45, 7) is 7.87. The van der Waals surface area contributed by atoms with Crippen molar-refractivity contribution in [3.8, 4) is 0 Å². The van der Waals surface area contributed by atoms with Crippen LogP contribution in [-0.4, -0.2) is 22.9 Å². The molecule has 8 heteroatoms. The van der Waals surface area contributed by atoms with Crippen molar-refractivity contribution in [1.29, 1.82) is 0 Å². The number of anilines is 1. The van der Waals surface area contributed by atoms with Gasteiger partial charge >= 0.3 is 0 Å². The minimum absolute atomic E-state index is 0.231. The number of imidazole rings is 1. The molecule has 0 amide bonds. The molecule has 0 saturated carbocycles. The Kier molecular flexibility index (Phi) is 6.11. The fraction of sp³-hybridized carbons (Fsp3) is 0.292. The summed E-state index contributed by atoms with van der Waals surface area (Å²) in [7, 11) is -3.67. The minimum Gasteiger partial charge on any atom is -0.387 e. The molecule has 1 unspecified atom stereocenters. The molecule has 0 aliphatic heterocycles. The first-order valence-corrected chi connectivity index (χ1v) is 12.8. The SMILES string of the molecule is Cc1ccc(S(=O)(=O)Nc2cc(CCC(O)c3cnc4sc(C)c(C)n34)ccc2C)cc1. The van der Waals surface area contributed by atoms with E-state index >= 15 is 0 Å². The third-order valence-electron chi connectivity index (χ3n) is 5.77. The van der Waals surface area contributed by atoms with E-state index in [4.69, 9.17) is 0 Å². The van der Waals surface area contributed by atoms with Crippen LogP contribution in [0.5, 0.6) is 0 Å². The van der Waals surface area contributed by atoms with Gasteiger partial charge in [-0.15, -0.1) is 11.3 Å². The van der Waals surface area contributed by atoms with E-state index in [2.05, 4.69) is 16.6 Å². The fourth-order valence-electron chi connectivity index (χ4n) is 3.67. The van der Waals surface area contributed by atoms with Crippen molar-refractivity contribution in [2.75, 3.05) is 4.72 Å². The van der Waals surface area contributed by atoms with Crippen molar-refractivity contribution in [2.24, 2.45) is 0 Å². The number of aliphatic hydroxyl groups excluding tert-OH is 1. The first-order valence-electron chi connectivity index (χ1n) is 10.5. The number of benzene rings is 2. The summed E-state index contributed by atoms with van der Waals surface area (Å²) in [6.07, 6.45) is 2.19. The van der Waals surface area contributed by atoms with Crippen molar-refractivity contribution in [1.82, 2.24) is 9.38 Å². The van der Waals surface area contributed by atoms with Gasteiger partial charge in [-0.1, -0.05) is 29.8 Å². The molecule has 168 valence electrons. The molecule has 0 radical (unpaired) electrons. The largest absolute Gasteiger partial charge is 0.387 e. The smallest absolute Gasteiger partial charge is 0.261 e. The molecule has 0 aliphatic carbocycles. The zero-order valence-electron chi connectivity index (χ0n) is 18.6. The van der Waals surface area contributed by atoms with Crippen LogP contribution in [0.4, 0.5) is 5.69 Å². The number of aryl methyl sites for hydroxylation is 5. The van der Waals surface area contributed by atoms with Crippen LogP contribution in [0.15, 0.2) is 53.6 Å². The Balaban J connectivity index is 1.50. The number of hydrogen-bond acceptors (Lipinski definition) is 5. The third kappa shape index (κ3) is 4.44. The van der Waals surface area contributed by atoms with E-state index in [1.165, 1.54) is 4.88 Å². The monoisotopic (exact) mass is 469 g/mol. The van der Waals surface area contributed by atoms with E-state index in [0.717, 1.165) is 33.0 Å². The van der Waals surface area contributed by atoms with Gasteiger partial charge < -0.3 is 5.11 Å². The Morgan fingerprint density at radius 2 is 1.81 bits per heavy atom. The summed E-state index contributed by atoms with van der Waals surface area (Å²) in [4.78, 5) is 6.72. The number of nitrogens with zero attached hydrogens (tertiary/aromatic N) is 2. The van der Waals surface area contributed by atoms with Crippen LogP contribution >= 0.6 is 11.3 Å². The Bertz CT molecular complexity index is 1370. The summed E-state index contributed by atoms with van der Waals surface area (Å²) in [6, 6.07) is 12.5. The van der Waals surface area contributed by atoms with Gasteiger partial charge in [0.25, 0.3) is 10.0 Å². The Hall–Kier alpha value is -2.68. The number of sulfonamides is 1. The third-order valence-corrected chi connectivity index (χ3v) is 8.23. The average Bonchev–Trinajstić information content (AvgIpc) is 3.28. The van der Waals surface area contributed by atoms with Gasteiger partial charge in [0.15, 0.2) is 4.96 Å². The van der Waals surface area contributed by atoms with Gasteiger partial charge in [-0.25, -0.2) is 13.4 Å². The Morgan fingerprint density at radius 1 is 1.09 bits per heavy atom. The van der Waals surface area contributed by atoms with E-state index < -0.39 is 16.1 Å². The molecule has 4 aromatic rings. The topological polar surface area (TPSA) is 83.7 Å². The highest BCUT2D eigenvalue weighted by Gasteiger charge is 2.18. The summed E-state index contributed by atoms with van der Waals surface area (Å²) in [5, 5.41) is 10.8. The van der Waals surface area contributed by atoms with Crippen molar-refractivity contribution in [3.05, 3.63) is 81.6 Å². The molecule has 0 saturated heterocycles. The van der Waals surface area contributed by atoms with Gasteiger partial charge in [0.05, 0.1) is 28.6 Å². The van der Waals surface area contributed by atoms with Crippen molar-refractivity contribution < 1.29 is 13.5 Å². The number of aromatic nitrogens is 2. The van der Waals surface area contributed by atoms with Crippen molar-refractivity contribution in [2.45, 2.75) is 51.5 Å². The maximum absolute atomic E-state index is 12.8. The number of thiazole rings is 1. The van der Waals surface area contributed by atoms with Gasteiger partial charge in [-0.2, -0.15) is 0 Å². The number of aliphatic hydroxyl groups is 1. The Labute approximate surface area is 192 Å². The van der Waals surface area contributed by atoms with E-state index in [9.17, 15) is 13.5 Å². The second-order valence-electron chi connectivity index (χ2n) is 8.17. The number of rotatable bonds is 7. The summed E-state index contributed by atoms with van der Waals surface area (Å²) < 4.78 is 30.3. The lowest BCUT2D eigenvalue weighted by Gasteiger charge is -2.14. The number of nitrogens with one attached hydrogen (secondary N) is 1. The molecule has 4 rings (SSSR count). The van der Waals surface area contributed by atoms with E-state index in [-0.39, 0.29) is 4.90 Å². The predicted octanol–water partition coefficient (Wildman–Crippen LogP) is 5.10. The first-order chi connectivity index (χ1) is 15.2. The molecule has 1 atom stereocenters. The van der Waals surface area contributed by atoms with Gasteiger partial charge in [-0.3, -0.25) is 9.12 Å². The fourth-order valence-corrected chi connectivity index (χ4v) is 5.74. The Morgan fingerprint density at radius 3 is 2.53 bits per heavy atom. The standard InChI is InChI=1S/C24H27N3O3S2/c1-15-5-10-20(11-6-15)32(29,30)26-21-13-19(8-7-16(21)2)9-12-23(28)22-14-25-24-27(22)17(3)18(4)31-24/h5-8,10-11,13-14,23,26,28H,9,12H2,1-4H3. The second-order valence-corrected chi connectivity index (χ2v) is 11.0. The maximum Gasteiger partial charge on any atom is 0.261 e. The quantitative estimate of drug-likeness (QED) is 0.395. The molecule has 0 bridgehead atoms. The van der Waals surface area contributed by atoms with Gasteiger partial charge in [0, 0.05) is 10.6 Å². The van der Waals surface area contributed by atoms with Crippen molar-refractivity contribution >= 4 is 32.0 Å². The van der Waals surface area contributed by atoms with E-state index in [0.29, 0.717) is 18.5 Å². The predicted molar refractivity (Wildman–Crippen MR) is 129 cm³/mol. The summed E-state index contributed by atoms with van der Waals surface area (Å²) in [5.74, 6) is 0. The van der Waals surface area contributed by atoms with Crippen LogP contribution < -0.4 is 4.72 Å². The molecule has 6 nitrogen and oxygen atoms in total. The number of hydrogen-bond donors (Lipinski definition) is 2. The lowest BCUT2D eigenvalue weighted by atomic mass is 10.0. The molecule has 0 aliphatic rings.